The summed E-state index contributed by atoms with van der Waals surface area (Å²) in [5, 5.41) is 9.34. The molecule has 1 heterocycles. The molecule has 78 valence electrons. The highest BCUT2D eigenvalue weighted by molar-refractivity contribution is 4.87. The van der Waals surface area contributed by atoms with Gasteiger partial charge < -0.3 is 10.8 Å². The molecule has 1 aliphatic rings. The maximum atomic E-state index is 9.34. The Kier molecular flexibility index (Phi) is 3.71. The van der Waals surface area contributed by atoms with Crippen molar-refractivity contribution in [1.82, 2.24) is 4.90 Å². The second-order valence-corrected chi connectivity index (χ2v) is 4.58. The van der Waals surface area contributed by atoms with Gasteiger partial charge in [0.25, 0.3) is 0 Å². The third kappa shape index (κ3) is 2.93. The average molecular weight is 186 g/mol. The quantitative estimate of drug-likeness (QED) is 0.675. The van der Waals surface area contributed by atoms with Gasteiger partial charge in [0.2, 0.25) is 0 Å². The maximum absolute atomic E-state index is 9.34. The lowest BCUT2D eigenvalue weighted by Crippen LogP contribution is -2.40. The number of hydrogen-bond acceptors (Lipinski definition) is 3. The van der Waals surface area contributed by atoms with E-state index in [4.69, 9.17) is 5.73 Å². The molecule has 1 atom stereocenters. The summed E-state index contributed by atoms with van der Waals surface area (Å²) in [5.41, 5.74) is 5.68. The van der Waals surface area contributed by atoms with Gasteiger partial charge in [-0.2, -0.15) is 0 Å². The Hall–Kier alpha value is -0.120. The molecular formula is C10H22N2O. The molecule has 0 aromatic carbocycles. The smallest absolute Gasteiger partial charge is 0.0674 e. The van der Waals surface area contributed by atoms with Gasteiger partial charge in [0.05, 0.1) is 6.10 Å². The molecule has 0 spiro atoms. The van der Waals surface area contributed by atoms with Gasteiger partial charge >= 0.3 is 0 Å². The van der Waals surface area contributed by atoms with E-state index in [-0.39, 0.29) is 6.10 Å². The summed E-state index contributed by atoms with van der Waals surface area (Å²) in [6.45, 7) is 7.08. The van der Waals surface area contributed by atoms with E-state index >= 15 is 0 Å². The van der Waals surface area contributed by atoms with Gasteiger partial charge in [-0.25, -0.2) is 0 Å². The fourth-order valence-electron chi connectivity index (χ4n) is 2.00. The van der Waals surface area contributed by atoms with Crippen LogP contribution in [0.3, 0.4) is 0 Å². The third-order valence-electron chi connectivity index (χ3n) is 3.08. The molecular weight excluding hydrogens is 164 g/mol. The minimum atomic E-state index is -0.323. The Bertz CT molecular complexity index is 159. The van der Waals surface area contributed by atoms with Crippen molar-refractivity contribution in [3.8, 4) is 0 Å². The topological polar surface area (TPSA) is 49.5 Å². The highest BCUT2D eigenvalue weighted by atomic mass is 16.3. The van der Waals surface area contributed by atoms with Gasteiger partial charge in [-0.05, 0) is 39.7 Å². The summed E-state index contributed by atoms with van der Waals surface area (Å²) in [7, 11) is 0. The summed E-state index contributed by atoms with van der Waals surface area (Å²) in [6, 6.07) is 0. The zero-order chi connectivity index (χ0) is 9.90. The number of aliphatic hydroxyl groups is 1. The van der Waals surface area contributed by atoms with E-state index in [1.807, 2.05) is 0 Å². The van der Waals surface area contributed by atoms with Gasteiger partial charge in [0.1, 0.15) is 0 Å². The Morgan fingerprint density at radius 3 is 2.69 bits per heavy atom. The second kappa shape index (κ2) is 4.40. The Morgan fingerprint density at radius 1 is 1.54 bits per heavy atom. The predicted octanol–water partition coefficient (Wildman–Crippen LogP) is 0.571. The minimum absolute atomic E-state index is 0.323. The van der Waals surface area contributed by atoms with E-state index < -0.39 is 0 Å². The van der Waals surface area contributed by atoms with Crippen molar-refractivity contribution in [2.45, 2.75) is 44.8 Å². The van der Waals surface area contributed by atoms with Crippen LogP contribution in [0.2, 0.25) is 0 Å². The van der Waals surface area contributed by atoms with Crippen LogP contribution >= 0.6 is 0 Å². The number of nitrogens with two attached hydrogens (primary N) is 1. The molecule has 0 aromatic rings. The van der Waals surface area contributed by atoms with Crippen molar-refractivity contribution >= 4 is 0 Å². The first-order chi connectivity index (χ1) is 6.06. The Morgan fingerprint density at radius 2 is 2.23 bits per heavy atom. The zero-order valence-electron chi connectivity index (χ0n) is 8.79. The Labute approximate surface area is 80.9 Å². The highest BCUT2D eigenvalue weighted by Gasteiger charge is 2.31. The van der Waals surface area contributed by atoms with Crippen LogP contribution in [0, 0.1) is 0 Å². The first-order valence-corrected chi connectivity index (χ1v) is 5.19. The molecule has 0 aromatic heterocycles. The summed E-state index contributed by atoms with van der Waals surface area (Å²) in [6.07, 6.45) is 3.04. The molecule has 0 aliphatic carbocycles. The summed E-state index contributed by atoms with van der Waals surface area (Å²) in [4.78, 5) is 2.45. The van der Waals surface area contributed by atoms with Gasteiger partial charge in [-0.15, -0.1) is 0 Å². The number of hydrogen-bond donors (Lipinski definition) is 2. The maximum Gasteiger partial charge on any atom is 0.0674 e. The van der Waals surface area contributed by atoms with E-state index in [9.17, 15) is 5.11 Å². The van der Waals surface area contributed by atoms with Crippen LogP contribution in [-0.4, -0.2) is 41.3 Å². The molecule has 1 aliphatic heterocycles. The van der Waals surface area contributed by atoms with Gasteiger partial charge in [-0.1, -0.05) is 0 Å². The van der Waals surface area contributed by atoms with Crippen molar-refractivity contribution in [2.24, 2.45) is 5.73 Å². The zero-order valence-corrected chi connectivity index (χ0v) is 8.79. The normalized spacial score (nSPS) is 24.9. The fraction of sp³-hybridized carbons (Fsp3) is 1.00. The van der Waals surface area contributed by atoms with Crippen LogP contribution in [-0.2, 0) is 0 Å². The van der Waals surface area contributed by atoms with E-state index in [1.54, 1.807) is 0 Å². The van der Waals surface area contributed by atoms with Crippen molar-refractivity contribution in [3.05, 3.63) is 0 Å². The SMILES string of the molecule is CC1(C)CCCN1CCC(O)CN. The van der Waals surface area contributed by atoms with Gasteiger partial charge in [-0.3, -0.25) is 4.90 Å². The van der Waals surface area contributed by atoms with E-state index in [0.717, 1.165) is 13.0 Å². The third-order valence-corrected chi connectivity index (χ3v) is 3.08. The lowest BCUT2D eigenvalue weighted by Gasteiger charge is -2.32. The van der Waals surface area contributed by atoms with Crippen molar-refractivity contribution in [1.29, 1.82) is 0 Å². The van der Waals surface area contributed by atoms with Crippen LogP contribution in [0.4, 0.5) is 0 Å². The summed E-state index contributed by atoms with van der Waals surface area (Å²) in [5.74, 6) is 0. The van der Waals surface area contributed by atoms with Crippen LogP contribution < -0.4 is 5.73 Å². The lowest BCUT2D eigenvalue weighted by atomic mass is 10.0. The largest absolute Gasteiger partial charge is 0.392 e. The molecule has 1 saturated heterocycles. The summed E-state index contributed by atoms with van der Waals surface area (Å²) >= 11 is 0. The van der Waals surface area contributed by atoms with E-state index in [1.165, 1.54) is 19.4 Å². The molecule has 0 bridgehead atoms. The number of aliphatic hydroxyl groups excluding tert-OH is 1. The second-order valence-electron chi connectivity index (χ2n) is 4.58. The number of likely N-dealkylation sites (tertiary alicyclic amines) is 1. The van der Waals surface area contributed by atoms with E-state index in [0.29, 0.717) is 12.1 Å². The molecule has 1 unspecified atom stereocenters. The molecule has 0 radical (unpaired) electrons. The monoisotopic (exact) mass is 186 g/mol. The van der Waals surface area contributed by atoms with Crippen LogP contribution in [0.15, 0.2) is 0 Å². The van der Waals surface area contributed by atoms with Gasteiger partial charge in [0.15, 0.2) is 0 Å². The Balaban J connectivity index is 2.28. The molecule has 1 fully saturated rings. The first kappa shape index (κ1) is 11.0. The fourth-order valence-corrected chi connectivity index (χ4v) is 2.00. The average Bonchev–Trinajstić information content (AvgIpc) is 2.41. The number of rotatable bonds is 4. The summed E-state index contributed by atoms with van der Waals surface area (Å²) < 4.78 is 0. The highest BCUT2D eigenvalue weighted by Crippen LogP contribution is 2.27. The first-order valence-electron chi connectivity index (χ1n) is 5.19. The van der Waals surface area contributed by atoms with Crippen molar-refractivity contribution in [3.63, 3.8) is 0 Å². The predicted molar refractivity (Wildman–Crippen MR) is 54.6 cm³/mol. The van der Waals surface area contributed by atoms with Crippen LogP contribution in [0.25, 0.3) is 0 Å². The van der Waals surface area contributed by atoms with Crippen LogP contribution in [0.5, 0.6) is 0 Å². The molecule has 0 amide bonds. The van der Waals surface area contributed by atoms with Crippen molar-refractivity contribution < 1.29 is 5.11 Å². The molecule has 0 saturated carbocycles. The molecule has 13 heavy (non-hydrogen) atoms. The molecule has 3 N–H and O–H groups in total. The van der Waals surface area contributed by atoms with E-state index in [2.05, 4.69) is 18.7 Å². The molecule has 3 heteroatoms. The minimum Gasteiger partial charge on any atom is -0.392 e. The van der Waals surface area contributed by atoms with Gasteiger partial charge in [0, 0.05) is 18.6 Å². The lowest BCUT2D eigenvalue weighted by molar-refractivity contribution is 0.119. The van der Waals surface area contributed by atoms with Crippen LogP contribution in [0.1, 0.15) is 33.1 Å². The molecule has 3 nitrogen and oxygen atoms in total. The van der Waals surface area contributed by atoms with Crippen molar-refractivity contribution in [2.75, 3.05) is 19.6 Å². The standard InChI is InChI=1S/C10H22N2O/c1-10(2)5-3-6-12(10)7-4-9(13)8-11/h9,13H,3-8,11H2,1-2H3. The molecule has 1 rings (SSSR count). The number of nitrogens with zero attached hydrogens (tertiary/aromatic N) is 1.